The zero-order valence-corrected chi connectivity index (χ0v) is 13.8. The van der Waals surface area contributed by atoms with Crippen LogP contribution in [-0.2, 0) is 9.59 Å². The summed E-state index contributed by atoms with van der Waals surface area (Å²) in [4.78, 5) is 41.5. The van der Waals surface area contributed by atoms with Crippen LogP contribution in [0, 0.1) is 0 Å². The van der Waals surface area contributed by atoms with Crippen molar-refractivity contribution in [2.24, 2.45) is 0 Å². The summed E-state index contributed by atoms with van der Waals surface area (Å²) in [5.41, 5.74) is 0.427. The lowest BCUT2D eigenvalue weighted by Crippen LogP contribution is -2.50. The zero-order chi connectivity index (χ0) is 18.0. The minimum Gasteiger partial charge on any atom is -0.480 e. The average Bonchev–Trinajstić information content (AvgIpc) is 3.10. The number of aliphatic carboxylic acids is 1. The van der Waals surface area contributed by atoms with E-state index in [0.717, 1.165) is 10.8 Å². The maximum Gasteiger partial charge on any atom is 0.326 e. The Balaban J connectivity index is 1.70. The van der Waals surface area contributed by atoms with Gasteiger partial charge in [-0.05, 0) is 43.4 Å². The number of carboxylic acids is 1. The standard InChI is InChI=1S/C18H19N3O4/c1-11(17(23)21-8-2-3-15(21)18(24)25)20-16(22)13-5-4-12-6-7-19-10-14(12)9-13/h4-7,9-11,15H,2-3,8H2,1H3,(H,20,22)(H,24,25)/t11-,15?/m0/s1. The summed E-state index contributed by atoms with van der Waals surface area (Å²) in [6.07, 6.45) is 4.45. The minimum absolute atomic E-state index is 0.374. The van der Waals surface area contributed by atoms with E-state index in [4.69, 9.17) is 0 Å². The van der Waals surface area contributed by atoms with Gasteiger partial charge in [0.25, 0.3) is 5.91 Å². The second-order valence-corrected chi connectivity index (χ2v) is 6.16. The van der Waals surface area contributed by atoms with E-state index >= 15 is 0 Å². The number of benzene rings is 1. The van der Waals surface area contributed by atoms with Gasteiger partial charge < -0.3 is 15.3 Å². The second-order valence-electron chi connectivity index (χ2n) is 6.16. The molecule has 25 heavy (non-hydrogen) atoms. The molecule has 0 aliphatic carbocycles. The molecule has 2 amide bonds. The number of rotatable bonds is 4. The molecule has 2 aromatic rings. The minimum atomic E-state index is -1.01. The van der Waals surface area contributed by atoms with E-state index in [-0.39, 0.29) is 11.8 Å². The molecule has 0 spiro atoms. The Morgan fingerprint density at radius 3 is 2.84 bits per heavy atom. The summed E-state index contributed by atoms with van der Waals surface area (Å²) >= 11 is 0. The van der Waals surface area contributed by atoms with Crippen molar-refractivity contribution >= 4 is 28.6 Å². The van der Waals surface area contributed by atoms with Gasteiger partial charge in [-0.25, -0.2) is 4.79 Å². The number of carboxylic acid groups (broad SMARTS) is 1. The molecule has 7 heteroatoms. The van der Waals surface area contributed by atoms with Gasteiger partial charge in [0.2, 0.25) is 5.91 Å². The molecule has 7 nitrogen and oxygen atoms in total. The maximum atomic E-state index is 12.5. The first-order valence-electron chi connectivity index (χ1n) is 8.15. The fourth-order valence-corrected chi connectivity index (χ4v) is 3.10. The van der Waals surface area contributed by atoms with Crippen molar-refractivity contribution < 1.29 is 19.5 Å². The summed E-state index contributed by atoms with van der Waals surface area (Å²) in [7, 11) is 0. The summed E-state index contributed by atoms with van der Waals surface area (Å²) in [6, 6.07) is 5.47. The van der Waals surface area contributed by atoms with Gasteiger partial charge >= 0.3 is 5.97 Å². The lowest BCUT2D eigenvalue weighted by molar-refractivity contribution is -0.148. The van der Waals surface area contributed by atoms with E-state index in [9.17, 15) is 19.5 Å². The van der Waals surface area contributed by atoms with Crippen LogP contribution in [0.25, 0.3) is 10.8 Å². The van der Waals surface area contributed by atoms with Crippen molar-refractivity contribution in [3.05, 3.63) is 42.2 Å². The van der Waals surface area contributed by atoms with Crippen LogP contribution in [-0.4, -0.2) is 51.4 Å². The van der Waals surface area contributed by atoms with Gasteiger partial charge in [0, 0.05) is 29.9 Å². The molecular weight excluding hydrogens is 322 g/mol. The Kier molecular flexibility index (Phi) is 4.65. The van der Waals surface area contributed by atoms with Gasteiger partial charge in [-0.1, -0.05) is 6.07 Å². The predicted molar refractivity (Wildman–Crippen MR) is 91.0 cm³/mol. The normalized spacial score (nSPS) is 18.1. The first kappa shape index (κ1) is 16.9. The molecule has 2 N–H and O–H groups in total. The van der Waals surface area contributed by atoms with Gasteiger partial charge in [-0.2, -0.15) is 0 Å². The molecule has 130 valence electrons. The fourth-order valence-electron chi connectivity index (χ4n) is 3.10. The van der Waals surface area contributed by atoms with Crippen LogP contribution in [0.3, 0.4) is 0 Å². The van der Waals surface area contributed by atoms with Gasteiger partial charge in [-0.3, -0.25) is 14.6 Å². The Hall–Kier alpha value is -2.96. The van der Waals surface area contributed by atoms with Crippen LogP contribution in [0.1, 0.15) is 30.1 Å². The van der Waals surface area contributed by atoms with Gasteiger partial charge in [0.05, 0.1) is 0 Å². The number of nitrogens with zero attached hydrogens (tertiary/aromatic N) is 2. The summed E-state index contributed by atoms with van der Waals surface area (Å²) in [5, 5.41) is 13.6. The summed E-state index contributed by atoms with van der Waals surface area (Å²) in [5.74, 6) is -1.76. The molecule has 1 aliphatic heterocycles. The summed E-state index contributed by atoms with van der Waals surface area (Å²) < 4.78 is 0. The monoisotopic (exact) mass is 341 g/mol. The molecule has 1 aromatic carbocycles. The fraction of sp³-hybridized carbons (Fsp3) is 0.333. The number of aromatic nitrogens is 1. The van der Waals surface area contributed by atoms with Gasteiger partial charge in [0.1, 0.15) is 12.1 Å². The number of pyridine rings is 1. The SMILES string of the molecule is C[C@H](NC(=O)c1ccc2ccncc2c1)C(=O)N1CCCC1C(=O)O. The third-order valence-corrected chi connectivity index (χ3v) is 4.44. The molecule has 1 unspecified atom stereocenters. The number of nitrogens with one attached hydrogen (secondary N) is 1. The van der Waals surface area contributed by atoms with Crippen molar-refractivity contribution in [2.45, 2.75) is 31.8 Å². The topological polar surface area (TPSA) is 99.6 Å². The maximum absolute atomic E-state index is 12.5. The number of amides is 2. The highest BCUT2D eigenvalue weighted by molar-refractivity contribution is 6.00. The Bertz CT molecular complexity index is 836. The molecule has 2 atom stereocenters. The molecular formula is C18H19N3O4. The highest BCUT2D eigenvalue weighted by atomic mass is 16.4. The van der Waals surface area contributed by atoms with Crippen LogP contribution < -0.4 is 5.32 Å². The molecule has 1 fully saturated rings. The van der Waals surface area contributed by atoms with Gasteiger partial charge in [0.15, 0.2) is 0 Å². The summed E-state index contributed by atoms with van der Waals surface area (Å²) in [6.45, 7) is 1.97. The Morgan fingerprint density at radius 2 is 2.08 bits per heavy atom. The number of fused-ring (bicyclic) bond motifs is 1. The predicted octanol–water partition coefficient (Wildman–Crippen LogP) is 1.43. The van der Waals surface area contributed by atoms with E-state index in [1.165, 1.54) is 4.90 Å². The van der Waals surface area contributed by atoms with Crippen molar-refractivity contribution in [3.8, 4) is 0 Å². The lowest BCUT2D eigenvalue weighted by Gasteiger charge is -2.25. The smallest absolute Gasteiger partial charge is 0.326 e. The quantitative estimate of drug-likeness (QED) is 0.876. The molecule has 0 bridgehead atoms. The first-order chi connectivity index (χ1) is 12.0. The van der Waals surface area contributed by atoms with Crippen molar-refractivity contribution in [2.75, 3.05) is 6.54 Å². The molecule has 2 heterocycles. The lowest BCUT2D eigenvalue weighted by atomic mass is 10.1. The first-order valence-corrected chi connectivity index (χ1v) is 8.15. The number of carbonyl (C=O) groups excluding carboxylic acids is 2. The Labute approximate surface area is 144 Å². The number of hydrogen-bond donors (Lipinski definition) is 2. The molecule has 1 aliphatic rings. The van der Waals surface area contributed by atoms with Crippen molar-refractivity contribution in [1.29, 1.82) is 0 Å². The van der Waals surface area contributed by atoms with Crippen LogP contribution >= 0.6 is 0 Å². The van der Waals surface area contributed by atoms with E-state index in [2.05, 4.69) is 10.3 Å². The second kappa shape index (κ2) is 6.88. The molecule has 0 saturated carbocycles. The number of likely N-dealkylation sites (tertiary alicyclic amines) is 1. The van der Waals surface area contributed by atoms with E-state index in [1.54, 1.807) is 31.5 Å². The van der Waals surface area contributed by atoms with E-state index in [1.807, 2.05) is 12.1 Å². The highest BCUT2D eigenvalue weighted by Crippen LogP contribution is 2.19. The van der Waals surface area contributed by atoms with Crippen LogP contribution in [0.4, 0.5) is 0 Å². The molecule has 1 saturated heterocycles. The van der Waals surface area contributed by atoms with Crippen LogP contribution in [0.5, 0.6) is 0 Å². The molecule has 0 radical (unpaired) electrons. The number of carbonyl (C=O) groups is 3. The molecule has 3 rings (SSSR count). The van der Waals surface area contributed by atoms with Crippen LogP contribution in [0.2, 0.25) is 0 Å². The zero-order valence-electron chi connectivity index (χ0n) is 13.8. The van der Waals surface area contributed by atoms with E-state index < -0.39 is 18.1 Å². The Morgan fingerprint density at radius 1 is 1.28 bits per heavy atom. The average molecular weight is 341 g/mol. The van der Waals surface area contributed by atoms with Crippen LogP contribution in [0.15, 0.2) is 36.7 Å². The largest absolute Gasteiger partial charge is 0.480 e. The third kappa shape index (κ3) is 3.45. The van der Waals surface area contributed by atoms with Gasteiger partial charge in [-0.15, -0.1) is 0 Å². The number of hydrogen-bond acceptors (Lipinski definition) is 4. The van der Waals surface area contributed by atoms with Crippen molar-refractivity contribution in [3.63, 3.8) is 0 Å². The third-order valence-electron chi connectivity index (χ3n) is 4.44. The highest BCUT2D eigenvalue weighted by Gasteiger charge is 2.36. The molecule has 1 aromatic heterocycles. The van der Waals surface area contributed by atoms with Crippen molar-refractivity contribution in [1.82, 2.24) is 15.2 Å². The van der Waals surface area contributed by atoms with E-state index in [0.29, 0.717) is 24.9 Å².